The van der Waals surface area contributed by atoms with Crippen LogP contribution in [0.25, 0.3) is 0 Å². The zero-order chi connectivity index (χ0) is 13.0. The van der Waals surface area contributed by atoms with Crippen molar-refractivity contribution in [1.82, 2.24) is 5.32 Å². The molecule has 0 heterocycles. The normalized spacial score (nSPS) is 15.9. The molecule has 0 amide bonds. The van der Waals surface area contributed by atoms with Crippen molar-refractivity contribution in [3.63, 3.8) is 0 Å². The third-order valence-electron chi connectivity index (χ3n) is 3.82. The number of hydrogen-bond acceptors (Lipinski definition) is 1. The number of aryl methyl sites for hydroxylation is 1. The molecule has 1 nitrogen and oxygen atoms in total. The van der Waals surface area contributed by atoms with E-state index in [2.05, 4.69) is 19.2 Å². The van der Waals surface area contributed by atoms with E-state index in [0.29, 0.717) is 5.41 Å². The third kappa shape index (κ3) is 4.77. The predicted molar refractivity (Wildman–Crippen MR) is 74.1 cm³/mol. The highest BCUT2D eigenvalue weighted by atomic mass is 19.1. The highest BCUT2D eigenvalue weighted by Gasteiger charge is 2.22. The third-order valence-corrected chi connectivity index (χ3v) is 3.82. The van der Waals surface area contributed by atoms with E-state index in [9.17, 15) is 4.39 Å². The Labute approximate surface area is 110 Å². The lowest BCUT2D eigenvalue weighted by Crippen LogP contribution is -2.24. The molecule has 0 aliphatic heterocycles. The van der Waals surface area contributed by atoms with E-state index >= 15 is 0 Å². The molecule has 0 unspecified atom stereocenters. The molecule has 18 heavy (non-hydrogen) atoms. The molecule has 1 aromatic carbocycles. The van der Waals surface area contributed by atoms with Crippen LogP contribution >= 0.6 is 0 Å². The summed E-state index contributed by atoms with van der Waals surface area (Å²) >= 11 is 0. The second-order valence-corrected chi connectivity index (χ2v) is 6.27. The largest absolute Gasteiger partial charge is 0.314 e. The minimum Gasteiger partial charge on any atom is -0.314 e. The average molecular weight is 249 g/mol. The summed E-state index contributed by atoms with van der Waals surface area (Å²) in [6.45, 7) is 5.78. The van der Waals surface area contributed by atoms with E-state index in [1.54, 1.807) is 12.1 Å². The van der Waals surface area contributed by atoms with Crippen LogP contribution in [0.15, 0.2) is 24.3 Å². The van der Waals surface area contributed by atoms with Gasteiger partial charge in [0.05, 0.1) is 0 Å². The zero-order valence-electron chi connectivity index (χ0n) is 11.5. The summed E-state index contributed by atoms with van der Waals surface area (Å²) in [5, 5.41) is 3.57. The number of benzene rings is 1. The second-order valence-electron chi connectivity index (χ2n) is 6.27. The summed E-state index contributed by atoms with van der Waals surface area (Å²) in [5.74, 6) is -0.147. The van der Waals surface area contributed by atoms with Crippen LogP contribution in [0.1, 0.15) is 45.1 Å². The fraction of sp³-hybridized carbons (Fsp3) is 0.625. The summed E-state index contributed by atoms with van der Waals surface area (Å²) in [6, 6.07) is 7.70. The smallest absolute Gasteiger partial charge is 0.123 e. The first-order valence-electron chi connectivity index (χ1n) is 7.03. The second kappa shape index (κ2) is 5.83. The van der Waals surface area contributed by atoms with Crippen molar-refractivity contribution in [1.29, 1.82) is 0 Å². The molecule has 1 fully saturated rings. The van der Waals surface area contributed by atoms with Crippen LogP contribution in [0.4, 0.5) is 4.39 Å². The Morgan fingerprint density at radius 1 is 1.17 bits per heavy atom. The molecule has 1 aliphatic rings. The molecular weight excluding hydrogens is 225 g/mol. The maximum atomic E-state index is 12.8. The first kappa shape index (κ1) is 13.5. The molecule has 1 aromatic rings. The minimum atomic E-state index is -0.147. The van der Waals surface area contributed by atoms with Crippen molar-refractivity contribution in [2.24, 2.45) is 5.41 Å². The first-order chi connectivity index (χ1) is 8.55. The van der Waals surface area contributed by atoms with Gasteiger partial charge in [-0.15, -0.1) is 0 Å². The van der Waals surface area contributed by atoms with Crippen LogP contribution in [0.2, 0.25) is 0 Å². The van der Waals surface area contributed by atoms with E-state index in [0.717, 1.165) is 25.4 Å². The van der Waals surface area contributed by atoms with Crippen LogP contribution in [-0.2, 0) is 6.42 Å². The van der Waals surface area contributed by atoms with Gasteiger partial charge in [0.15, 0.2) is 0 Å². The highest BCUT2D eigenvalue weighted by molar-refractivity contribution is 5.16. The standard InChI is InChI=1S/C16H24FN/c1-16(2,11-12-18-15-7-8-15)10-9-13-3-5-14(17)6-4-13/h3-6,15,18H,7-12H2,1-2H3. The molecule has 0 spiro atoms. The Hall–Kier alpha value is -0.890. The molecule has 0 atom stereocenters. The van der Waals surface area contributed by atoms with Crippen LogP contribution in [0, 0.1) is 11.2 Å². The van der Waals surface area contributed by atoms with Crippen LogP contribution in [0.5, 0.6) is 0 Å². The molecule has 1 saturated carbocycles. The van der Waals surface area contributed by atoms with Gasteiger partial charge in [0.2, 0.25) is 0 Å². The van der Waals surface area contributed by atoms with Gasteiger partial charge in [0.25, 0.3) is 0 Å². The van der Waals surface area contributed by atoms with Crippen LogP contribution in [0.3, 0.4) is 0 Å². The van der Waals surface area contributed by atoms with Gasteiger partial charge in [-0.1, -0.05) is 26.0 Å². The molecule has 0 bridgehead atoms. The van der Waals surface area contributed by atoms with Gasteiger partial charge >= 0.3 is 0 Å². The van der Waals surface area contributed by atoms with Gasteiger partial charge in [-0.25, -0.2) is 4.39 Å². The number of rotatable bonds is 7. The molecule has 100 valence electrons. The Balaban J connectivity index is 1.70. The fourth-order valence-electron chi connectivity index (χ4n) is 2.16. The lowest BCUT2D eigenvalue weighted by molar-refractivity contribution is 0.302. The van der Waals surface area contributed by atoms with Gasteiger partial charge in [-0.05, 0) is 61.8 Å². The molecule has 0 radical (unpaired) electrons. The van der Waals surface area contributed by atoms with Crippen molar-refractivity contribution in [2.45, 2.75) is 52.0 Å². The van der Waals surface area contributed by atoms with Gasteiger partial charge in [-0.3, -0.25) is 0 Å². The molecule has 1 N–H and O–H groups in total. The van der Waals surface area contributed by atoms with Crippen molar-refractivity contribution >= 4 is 0 Å². The average Bonchev–Trinajstić information content (AvgIpc) is 3.12. The number of halogens is 1. The highest BCUT2D eigenvalue weighted by Crippen LogP contribution is 2.27. The quantitative estimate of drug-likeness (QED) is 0.772. The van der Waals surface area contributed by atoms with Gasteiger partial charge in [0, 0.05) is 6.04 Å². The van der Waals surface area contributed by atoms with Crippen LogP contribution < -0.4 is 5.32 Å². The van der Waals surface area contributed by atoms with Gasteiger partial charge in [-0.2, -0.15) is 0 Å². The van der Waals surface area contributed by atoms with Crippen molar-refractivity contribution in [3.05, 3.63) is 35.6 Å². The van der Waals surface area contributed by atoms with Gasteiger partial charge in [0.1, 0.15) is 5.82 Å². The molecule has 2 heteroatoms. The van der Waals surface area contributed by atoms with E-state index in [1.165, 1.54) is 24.8 Å². The van der Waals surface area contributed by atoms with E-state index < -0.39 is 0 Å². The molecular formula is C16H24FN. The Kier molecular flexibility index (Phi) is 4.39. The molecule has 0 aromatic heterocycles. The molecule has 2 rings (SSSR count). The topological polar surface area (TPSA) is 12.0 Å². The van der Waals surface area contributed by atoms with E-state index in [1.807, 2.05) is 12.1 Å². The first-order valence-corrected chi connectivity index (χ1v) is 7.03. The Morgan fingerprint density at radius 3 is 2.44 bits per heavy atom. The minimum absolute atomic E-state index is 0.147. The number of hydrogen-bond donors (Lipinski definition) is 1. The van der Waals surface area contributed by atoms with Crippen molar-refractivity contribution < 1.29 is 4.39 Å². The number of nitrogens with one attached hydrogen (secondary N) is 1. The van der Waals surface area contributed by atoms with E-state index in [4.69, 9.17) is 0 Å². The summed E-state index contributed by atoms with van der Waals surface area (Å²) < 4.78 is 12.8. The van der Waals surface area contributed by atoms with Crippen LogP contribution in [-0.4, -0.2) is 12.6 Å². The zero-order valence-corrected chi connectivity index (χ0v) is 11.5. The Bertz CT molecular complexity index is 365. The SMILES string of the molecule is CC(C)(CCNC1CC1)CCc1ccc(F)cc1. The summed E-state index contributed by atoms with van der Waals surface area (Å²) in [7, 11) is 0. The fourth-order valence-corrected chi connectivity index (χ4v) is 2.16. The molecule has 1 aliphatic carbocycles. The predicted octanol–water partition coefficient (Wildman–Crippen LogP) is 3.93. The maximum absolute atomic E-state index is 12.8. The monoisotopic (exact) mass is 249 g/mol. The summed E-state index contributed by atoms with van der Waals surface area (Å²) in [6.07, 6.45) is 6.12. The molecule has 0 saturated heterocycles. The van der Waals surface area contributed by atoms with Crippen molar-refractivity contribution in [3.8, 4) is 0 Å². The van der Waals surface area contributed by atoms with Gasteiger partial charge < -0.3 is 5.32 Å². The lowest BCUT2D eigenvalue weighted by atomic mass is 9.83. The maximum Gasteiger partial charge on any atom is 0.123 e. The summed E-state index contributed by atoms with van der Waals surface area (Å²) in [4.78, 5) is 0. The van der Waals surface area contributed by atoms with Crippen molar-refractivity contribution in [2.75, 3.05) is 6.54 Å². The Morgan fingerprint density at radius 2 is 1.83 bits per heavy atom. The lowest BCUT2D eigenvalue weighted by Gasteiger charge is -2.24. The van der Waals surface area contributed by atoms with E-state index in [-0.39, 0.29) is 5.82 Å². The summed E-state index contributed by atoms with van der Waals surface area (Å²) in [5.41, 5.74) is 1.59.